The normalized spacial score (nSPS) is 25.4. The number of thiophene rings is 1. The monoisotopic (exact) mass is 451 g/mol. The molecule has 0 radical (unpaired) electrons. The molecule has 1 saturated heterocycles. The maximum Gasteiger partial charge on any atom is 0.113 e. The Morgan fingerprint density at radius 1 is 1.00 bits per heavy atom. The first-order valence-electron chi connectivity index (χ1n) is 10.4. The molecular formula is C25H25NO5S. The van der Waals surface area contributed by atoms with Gasteiger partial charge in [0, 0.05) is 16.2 Å². The Bertz CT molecular complexity index is 1140. The van der Waals surface area contributed by atoms with Crippen LogP contribution < -0.4 is 0 Å². The SMILES string of the molecule is Cc1ccc([C@@H]2O[C@H](CO)[C@@H](O)[C@H](O)[C@H]2O)cc1Cc1ccc(-c2cccc(C#N)c2)s1. The van der Waals surface area contributed by atoms with Gasteiger partial charge in [0.15, 0.2) is 0 Å². The summed E-state index contributed by atoms with van der Waals surface area (Å²) in [6, 6.07) is 19.5. The largest absolute Gasteiger partial charge is 0.394 e. The van der Waals surface area contributed by atoms with Crippen molar-refractivity contribution in [2.75, 3.05) is 6.61 Å². The van der Waals surface area contributed by atoms with Gasteiger partial charge in [-0.05, 0) is 53.4 Å². The molecule has 0 saturated carbocycles. The minimum Gasteiger partial charge on any atom is -0.394 e. The van der Waals surface area contributed by atoms with Gasteiger partial charge < -0.3 is 25.2 Å². The molecule has 0 amide bonds. The van der Waals surface area contributed by atoms with Crippen LogP contribution in [0.1, 0.15) is 33.2 Å². The van der Waals surface area contributed by atoms with E-state index in [1.807, 2.05) is 49.4 Å². The van der Waals surface area contributed by atoms with E-state index < -0.39 is 37.1 Å². The molecule has 0 aliphatic carbocycles. The van der Waals surface area contributed by atoms with Crippen LogP contribution in [-0.2, 0) is 11.2 Å². The van der Waals surface area contributed by atoms with Crippen molar-refractivity contribution in [3.8, 4) is 16.5 Å². The average Bonchev–Trinajstić information content (AvgIpc) is 3.28. The number of nitrogens with zero attached hydrogens (tertiary/aromatic N) is 1. The summed E-state index contributed by atoms with van der Waals surface area (Å²) in [4.78, 5) is 2.23. The fourth-order valence-electron chi connectivity index (χ4n) is 3.99. The summed E-state index contributed by atoms with van der Waals surface area (Å²) in [5, 5.41) is 49.2. The zero-order valence-corrected chi connectivity index (χ0v) is 18.4. The first-order chi connectivity index (χ1) is 15.4. The molecule has 4 N–H and O–H groups in total. The van der Waals surface area contributed by atoms with Crippen LogP contribution in [0.5, 0.6) is 0 Å². The van der Waals surface area contributed by atoms with Crippen LogP contribution in [0.15, 0.2) is 54.6 Å². The molecule has 0 spiro atoms. The van der Waals surface area contributed by atoms with E-state index in [0.717, 1.165) is 26.4 Å². The highest BCUT2D eigenvalue weighted by Gasteiger charge is 2.43. The highest BCUT2D eigenvalue weighted by Crippen LogP contribution is 2.35. The fraction of sp³-hybridized carbons (Fsp3) is 0.320. The van der Waals surface area contributed by atoms with E-state index in [1.165, 1.54) is 0 Å². The minimum absolute atomic E-state index is 0.453. The average molecular weight is 452 g/mol. The summed E-state index contributed by atoms with van der Waals surface area (Å²) < 4.78 is 5.71. The Labute approximate surface area is 190 Å². The standard InChI is InChI=1S/C25H25NO5S/c1-14-5-6-17(25-24(30)23(29)22(28)20(13-27)31-25)10-18(14)11-19-7-8-21(32-19)16-4-2-3-15(9-16)12-26/h2-10,20,22-25,27-30H,11,13H2,1H3/t20-,22-,23+,24-,25+/m1/s1. The van der Waals surface area contributed by atoms with Crippen molar-refractivity contribution in [2.24, 2.45) is 0 Å². The second-order valence-corrected chi connectivity index (χ2v) is 9.24. The van der Waals surface area contributed by atoms with E-state index in [9.17, 15) is 20.4 Å². The van der Waals surface area contributed by atoms with Gasteiger partial charge in [0.1, 0.15) is 30.5 Å². The van der Waals surface area contributed by atoms with Gasteiger partial charge in [-0.1, -0.05) is 30.3 Å². The molecule has 0 unspecified atom stereocenters. The van der Waals surface area contributed by atoms with Crippen LogP contribution in [0.3, 0.4) is 0 Å². The molecule has 6 nitrogen and oxygen atoms in total. The number of ether oxygens (including phenoxy) is 1. The predicted molar refractivity (Wildman–Crippen MR) is 121 cm³/mol. The first kappa shape index (κ1) is 22.6. The second kappa shape index (κ2) is 9.51. The van der Waals surface area contributed by atoms with E-state index in [1.54, 1.807) is 17.4 Å². The summed E-state index contributed by atoms with van der Waals surface area (Å²) in [5.74, 6) is 0. The maximum absolute atomic E-state index is 10.5. The third-order valence-corrected chi connectivity index (χ3v) is 7.03. The molecule has 32 heavy (non-hydrogen) atoms. The van der Waals surface area contributed by atoms with Crippen molar-refractivity contribution in [3.05, 3.63) is 81.7 Å². The van der Waals surface area contributed by atoms with Gasteiger partial charge in [0.2, 0.25) is 0 Å². The van der Waals surface area contributed by atoms with E-state index >= 15 is 0 Å². The Balaban J connectivity index is 1.58. The van der Waals surface area contributed by atoms with Gasteiger partial charge in [-0.15, -0.1) is 11.3 Å². The molecule has 2 heterocycles. The van der Waals surface area contributed by atoms with Crippen molar-refractivity contribution in [3.63, 3.8) is 0 Å². The predicted octanol–water partition coefficient (Wildman–Crippen LogP) is 2.70. The summed E-state index contributed by atoms with van der Waals surface area (Å²) in [6.07, 6.45) is -5.19. The molecule has 0 bridgehead atoms. The van der Waals surface area contributed by atoms with Gasteiger partial charge in [0.25, 0.3) is 0 Å². The van der Waals surface area contributed by atoms with Crippen molar-refractivity contribution in [1.29, 1.82) is 5.26 Å². The number of aliphatic hydroxyl groups is 4. The van der Waals surface area contributed by atoms with Gasteiger partial charge in [0.05, 0.1) is 18.2 Å². The van der Waals surface area contributed by atoms with E-state index in [2.05, 4.69) is 12.1 Å². The number of aryl methyl sites for hydroxylation is 1. The topological polar surface area (TPSA) is 114 Å². The Hall–Kier alpha value is -2.57. The lowest BCUT2D eigenvalue weighted by Gasteiger charge is -2.40. The highest BCUT2D eigenvalue weighted by atomic mass is 32.1. The summed E-state index contributed by atoms with van der Waals surface area (Å²) in [6.45, 7) is 1.56. The van der Waals surface area contributed by atoms with E-state index in [0.29, 0.717) is 17.5 Å². The number of benzene rings is 2. The molecule has 1 aliphatic heterocycles. The molecule has 166 valence electrons. The smallest absolute Gasteiger partial charge is 0.113 e. The van der Waals surface area contributed by atoms with Crippen molar-refractivity contribution < 1.29 is 25.2 Å². The summed E-state index contributed by atoms with van der Waals surface area (Å²) >= 11 is 1.66. The highest BCUT2D eigenvalue weighted by molar-refractivity contribution is 7.15. The third-order valence-electron chi connectivity index (χ3n) is 5.90. The van der Waals surface area contributed by atoms with Crippen LogP contribution in [0.2, 0.25) is 0 Å². The van der Waals surface area contributed by atoms with Gasteiger partial charge in [-0.2, -0.15) is 5.26 Å². The minimum atomic E-state index is -1.40. The van der Waals surface area contributed by atoms with Crippen LogP contribution in [0, 0.1) is 18.3 Å². The quantitative estimate of drug-likeness (QED) is 0.474. The van der Waals surface area contributed by atoms with Gasteiger partial charge >= 0.3 is 0 Å². The van der Waals surface area contributed by atoms with Crippen molar-refractivity contribution >= 4 is 11.3 Å². The summed E-state index contributed by atoms with van der Waals surface area (Å²) in [5.41, 5.74) is 4.45. The number of hydrogen-bond acceptors (Lipinski definition) is 7. The lowest BCUT2D eigenvalue weighted by Crippen LogP contribution is -2.55. The molecule has 4 rings (SSSR count). The van der Waals surface area contributed by atoms with E-state index in [-0.39, 0.29) is 0 Å². The van der Waals surface area contributed by atoms with Crippen LogP contribution in [0.4, 0.5) is 0 Å². The Morgan fingerprint density at radius 2 is 1.81 bits per heavy atom. The van der Waals surface area contributed by atoms with Gasteiger partial charge in [-0.3, -0.25) is 0 Å². The molecule has 1 aromatic heterocycles. The molecule has 1 aliphatic rings. The molecular weight excluding hydrogens is 426 g/mol. The number of hydrogen-bond donors (Lipinski definition) is 4. The van der Waals surface area contributed by atoms with Crippen LogP contribution in [0.25, 0.3) is 10.4 Å². The second-order valence-electron chi connectivity index (χ2n) is 8.07. The zero-order valence-electron chi connectivity index (χ0n) is 17.5. The van der Waals surface area contributed by atoms with Crippen molar-refractivity contribution in [2.45, 2.75) is 43.9 Å². The molecule has 2 aromatic carbocycles. The first-order valence-corrected chi connectivity index (χ1v) is 11.2. The number of aliphatic hydroxyl groups excluding tert-OH is 4. The third kappa shape index (κ3) is 4.48. The Morgan fingerprint density at radius 3 is 2.56 bits per heavy atom. The fourth-order valence-corrected chi connectivity index (χ4v) is 5.02. The molecule has 1 fully saturated rings. The lowest BCUT2D eigenvalue weighted by molar-refractivity contribution is -0.231. The molecule has 5 atom stereocenters. The zero-order chi connectivity index (χ0) is 22.8. The van der Waals surface area contributed by atoms with Crippen LogP contribution in [-0.4, -0.2) is 51.4 Å². The molecule has 3 aromatic rings. The molecule has 7 heteroatoms. The van der Waals surface area contributed by atoms with Crippen molar-refractivity contribution in [1.82, 2.24) is 0 Å². The van der Waals surface area contributed by atoms with Gasteiger partial charge in [-0.25, -0.2) is 0 Å². The Kier molecular flexibility index (Phi) is 6.72. The maximum atomic E-state index is 10.5. The van der Waals surface area contributed by atoms with Crippen LogP contribution >= 0.6 is 11.3 Å². The summed E-state index contributed by atoms with van der Waals surface area (Å²) in [7, 11) is 0. The number of rotatable bonds is 5. The van der Waals surface area contributed by atoms with E-state index in [4.69, 9.17) is 10.00 Å². The number of nitriles is 1. The lowest BCUT2D eigenvalue weighted by atomic mass is 9.89.